The molecule has 7 nitrogen and oxygen atoms in total. The van der Waals surface area contributed by atoms with Crippen LogP contribution in [0.3, 0.4) is 0 Å². The smallest absolute Gasteiger partial charge is 0.225 e. The lowest BCUT2D eigenvalue weighted by atomic mass is 10.2. The SMILES string of the molecule is Cc1nc(C)c(-c2nc(CC(N)=O)nn2Cc2ccccc2Cl)o1. The van der Waals surface area contributed by atoms with Gasteiger partial charge in [-0.15, -0.1) is 0 Å². The normalized spacial score (nSPS) is 11.0. The van der Waals surface area contributed by atoms with Crippen molar-refractivity contribution >= 4 is 17.5 Å². The molecule has 0 bridgehead atoms. The first-order chi connectivity index (χ1) is 11.4. The number of carbonyl (C=O) groups excluding carboxylic acids is 1. The first-order valence-corrected chi connectivity index (χ1v) is 7.71. The summed E-state index contributed by atoms with van der Waals surface area (Å²) in [5, 5.41) is 5.00. The van der Waals surface area contributed by atoms with Gasteiger partial charge < -0.3 is 10.2 Å². The van der Waals surface area contributed by atoms with Crippen LogP contribution in [0, 0.1) is 13.8 Å². The Kier molecular flexibility index (Phi) is 4.35. The molecule has 0 spiro atoms. The van der Waals surface area contributed by atoms with E-state index in [1.54, 1.807) is 11.6 Å². The van der Waals surface area contributed by atoms with Crippen molar-refractivity contribution < 1.29 is 9.21 Å². The number of nitrogens with two attached hydrogens (primary N) is 1. The zero-order valence-electron chi connectivity index (χ0n) is 13.3. The molecule has 3 rings (SSSR count). The van der Waals surface area contributed by atoms with E-state index in [9.17, 15) is 4.79 Å². The molecule has 0 saturated carbocycles. The minimum atomic E-state index is -0.498. The van der Waals surface area contributed by atoms with Crippen LogP contribution < -0.4 is 5.73 Å². The van der Waals surface area contributed by atoms with Crippen LogP contribution in [-0.2, 0) is 17.8 Å². The standard InChI is InChI=1S/C16H16ClN5O2/c1-9-15(24-10(2)19-9)16-20-14(7-13(18)23)21-22(16)8-11-5-3-4-6-12(11)17/h3-6H,7-8H2,1-2H3,(H2,18,23). The fourth-order valence-electron chi connectivity index (χ4n) is 2.42. The molecule has 0 aliphatic carbocycles. The Bertz CT molecular complexity index is 900. The highest BCUT2D eigenvalue weighted by atomic mass is 35.5. The van der Waals surface area contributed by atoms with Gasteiger partial charge in [0.25, 0.3) is 0 Å². The van der Waals surface area contributed by atoms with Crippen molar-refractivity contribution in [2.24, 2.45) is 5.73 Å². The predicted molar refractivity (Wildman–Crippen MR) is 88.4 cm³/mol. The fourth-order valence-corrected chi connectivity index (χ4v) is 2.62. The first kappa shape index (κ1) is 16.2. The molecular weight excluding hydrogens is 330 g/mol. The van der Waals surface area contributed by atoms with Crippen LogP contribution in [0.25, 0.3) is 11.6 Å². The number of halogens is 1. The molecule has 24 heavy (non-hydrogen) atoms. The van der Waals surface area contributed by atoms with E-state index in [1.165, 1.54) is 0 Å². The van der Waals surface area contributed by atoms with Crippen LogP contribution in [0.15, 0.2) is 28.7 Å². The van der Waals surface area contributed by atoms with Gasteiger partial charge in [0.15, 0.2) is 23.3 Å². The van der Waals surface area contributed by atoms with Gasteiger partial charge >= 0.3 is 0 Å². The van der Waals surface area contributed by atoms with Crippen LogP contribution in [0.5, 0.6) is 0 Å². The minimum Gasteiger partial charge on any atom is -0.437 e. The van der Waals surface area contributed by atoms with Gasteiger partial charge in [-0.1, -0.05) is 29.8 Å². The maximum Gasteiger partial charge on any atom is 0.225 e. The van der Waals surface area contributed by atoms with E-state index < -0.39 is 5.91 Å². The van der Waals surface area contributed by atoms with Gasteiger partial charge in [0.2, 0.25) is 5.91 Å². The molecule has 1 aromatic carbocycles. The summed E-state index contributed by atoms with van der Waals surface area (Å²) in [5.74, 6) is 1.37. The highest BCUT2D eigenvalue weighted by Crippen LogP contribution is 2.25. The van der Waals surface area contributed by atoms with Crippen molar-refractivity contribution in [3.8, 4) is 11.6 Å². The highest BCUT2D eigenvalue weighted by molar-refractivity contribution is 6.31. The molecule has 124 valence electrons. The summed E-state index contributed by atoms with van der Waals surface area (Å²) in [6.45, 7) is 3.98. The molecule has 8 heteroatoms. The topological polar surface area (TPSA) is 99.8 Å². The number of amides is 1. The Hall–Kier alpha value is -2.67. The number of hydrogen-bond donors (Lipinski definition) is 1. The van der Waals surface area contributed by atoms with Gasteiger partial charge in [0.1, 0.15) is 0 Å². The third-order valence-electron chi connectivity index (χ3n) is 3.43. The van der Waals surface area contributed by atoms with E-state index in [1.807, 2.05) is 31.2 Å². The number of rotatable bonds is 5. The number of aryl methyl sites for hydroxylation is 2. The molecule has 2 N–H and O–H groups in total. The van der Waals surface area contributed by atoms with E-state index in [0.29, 0.717) is 40.6 Å². The summed E-state index contributed by atoms with van der Waals surface area (Å²) in [6.07, 6.45) is -0.0469. The Morgan fingerprint density at radius 1 is 1.29 bits per heavy atom. The molecule has 2 aromatic heterocycles. The summed E-state index contributed by atoms with van der Waals surface area (Å²) in [7, 11) is 0. The summed E-state index contributed by atoms with van der Waals surface area (Å²) < 4.78 is 7.29. The lowest BCUT2D eigenvalue weighted by Crippen LogP contribution is -2.15. The zero-order chi connectivity index (χ0) is 17.3. The summed E-state index contributed by atoms with van der Waals surface area (Å²) in [6, 6.07) is 7.46. The number of hydrogen-bond acceptors (Lipinski definition) is 5. The first-order valence-electron chi connectivity index (χ1n) is 7.34. The van der Waals surface area contributed by atoms with E-state index in [2.05, 4.69) is 15.1 Å². The molecule has 0 saturated heterocycles. The van der Waals surface area contributed by atoms with Crippen LogP contribution in [-0.4, -0.2) is 25.7 Å². The van der Waals surface area contributed by atoms with Crippen LogP contribution in [0.1, 0.15) is 23.0 Å². The molecule has 0 atom stereocenters. The molecule has 2 heterocycles. The second-order valence-corrected chi connectivity index (χ2v) is 5.80. The third kappa shape index (κ3) is 3.30. The molecule has 0 aliphatic rings. The van der Waals surface area contributed by atoms with Gasteiger partial charge in [0, 0.05) is 11.9 Å². The van der Waals surface area contributed by atoms with Crippen molar-refractivity contribution in [1.82, 2.24) is 19.7 Å². The van der Waals surface area contributed by atoms with Crippen molar-refractivity contribution in [2.75, 3.05) is 0 Å². The van der Waals surface area contributed by atoms with Crippen molar-refractivity contribution in [1.29, 1.82) is 0 Å². The monoisotopic (exact) mass is 345 g/mol. The average molecular weight is 346 g/mol. The van der Waals surface area contributed by atoms with Crippen molar-refractivity contribution in [2.45, 2.75) is 26.8 Å². The van der Waals surface area contributed by atoms with Gasteiger partial charge in [-0.3, -0.25) is 4.79 Å². The molecular formula is C16H16ClN5O2. The predicted octanol–water partition coefficient (Wildman–Crippen LogP) is 2.28. The largest absolute Gasteiger partial charge is 0.437 e. The van der Waals surface area contributed by atoms with Crippen molar-refractivity contribution in [3.63, 3.8) is 0 Å². The summed E-state index contributed by atoms with van der Waals surface area (Å²) >= 11 is 6.23. The quantitative estimate of drug-likeness (QED) is 0.764. The van der Waals surface area contributed by atoms with E-state index in [0.717, 1.165) is 5.56 Å². The number of carbonyl (C=O) groups is 1. The second-order valence-electron chi connectivity index (χ2n) is 5.39. The zero-order valence-corrected chi connectivity index (χ0v) is 14.0. The Morgan fingerprint density at radius 2 is 2.04 bits per heavy atom. The molecule has 0 unspecified atom stereocenters. The van der Waals surface area contributed by atoms with E-state index in [-0.39, 0.29) is 6.42 Å². The number of benzene rings is 1. The number of oxazole rings is 1. The highest BCUT2D eigenvalue weighted by Gasteiger charge is 2.20. The maximum atomic E-state index is 11.2. The van der Waals surface area contributed by atoms with Gasteiger partial charge in [-0.2, -0.15) is 5.10 Å². The molecule has 3 aromatic rings. The molecule has 0 radical (unpaired) electrons. The number of aromatic nitrogens is 4. The van der Waals surface area contributed by atoms with Crippen LogP contribution in [0.2, 0.25) is 5.02 Å². The van der Waals surface area contributed by atoms with E-state index in [4.69, 9.17) is 21.8 Å². The van der Waals surface area contributed by atoms with Gasteiger partial charge in [-0.25, -0.2) is 14.6 Å². The number of nitrogens with zero attached hydrogens (tertiary/aromatic N) is 4. The van der Waals surface area contributed by atoms with E-state index >= 15 is 0 Å². The van der Waals surface area contributed by atoms with Gasteiger partial charge in [-0.05, 0) is 18.6 Å². The van der Waals surface area contributed by atoms with Crippen LogP contribution >= 0.6 is 11.6 Å². The molecule has 0 aliphatic heterocycles. The number of primary amides is 1. The lowest BCUT2D eigenvalue weighted by Gasteiger charge is -2.06. The van der Waals surface area contributed by atoms with Gasteiger partial charge in [0.05, 0.1) is 18.7 Å². The minimum absolute atomic E-state index is 0.0469. The summed E-state index contributed by atoms with van der Waals surface area (Å²) in [4.78, 5) is 19.8. The lowest BCUT2D eigenvalue weighted by molar-refractivity contribution is -0.117. The Morgan fingerprint density at radius 3 is 2.67 bits per heavy atom. The Labute approximate surface area is 143 Å². The second kappa shape index (κ2) is 6.45. The average Bonchev–Trinajstić information content (AvgIpc) is 3.03. The fraction of sp³-hybridized carbons (Fsp3) is 0.250. The third-order valence-corrected chi connectivity index (χ3v) is 3.80. The Balaban J connectivity index is 2.06. The maximum absolute atomic E-state index is 11.2. The van der Waals surface area contributed by atoms with Crippen molar-refractivity contribution in [3.05, 3.63) is 52.3 Å². The van der Waals surface area contributed by atoms with Crippen LogP contribution in [0.4, 0.5) is 0 Å². The summed E-state index contributed by atoms with van der Waals surface area (Å²) in [5.41, 5.74) is 6.83. The molecule has 0 fully saturated rings. The molecule has 1 amide bonds.